The van der Waals surface area contributed by atoms with Crippen molar-refractivity contribution < 1.29 is 90.0 Å². The number of nitro benzene ring substituents is 1. The van der Waals surface area contributed by atoms with Crippen LogP contribution in [0.15, 0.2) is 57.6 Å². The largest absolute Gasteiger partial charge is 1.00 e. The van der Waals surface area contributed by atoms with Crippen LogP contribution in [0.5, 0.6) is 11.5 Å². The molecule has 0 spiro atoms. The third kappa shape index (κ3) is 7.10. The average Bonchev–Trinajstić information content (AvgIpc) is 2.73. The number of amides is 1. The first-order chi connectivity index (χ1) is 15.0. The van der Waals surface area contributed by atoms with Crippen molar-refractivity contribution >= 4 is 49.7 Å². The van der Waals surface area contributed by atoms with E-state index >= 15 is 0 Å². The minimum absolute atomic E-state index is 0. The summed E-state index contributed by atoms with van der Waals surface area (Å²) < 4.78 is 36.7. The Balaban J connectivity index is 0.00000385. The first kappa shape index (κ1) is 32.2. The number of ether oxygens (including phenoxy) is 1. The number of azo groups is 1. The number of nitrogens with zero attached hydrogens (tertiary/aromatic N) is 3. The van der Waals surface area contributed by atoms with Gasteiger partial charge in [-0.2, -0.15) is 8.42 Å². The van der Waals surface area contributed by atoms with Crippen molar-refractivity contribution in [1.82, 2.24) is 0 Å². The van der Waals surface area contributed by atoms with Gasteiger partial charge in [0.2, 0.25) is 0 Å². The van der Waals surface area contributed by atoms with Gasteiger partial charge in [0.25, 0.3) is 15.8 Å². The van der Waals surface area contributed by atoms with Crippen molar-refractivity contribution in [1.29, 1.82) is 0 Å². The number of nitro groups is 1. The Morgan fingerprint density at radius 2 is 1.80 bits per heavy atom. The number of benzene rings is 3. The van der Waals surface area contributed by atoms with E-state index in [1.165, 1.54) is 18.2 Å². The number of rotatable bonds is 5. The molecular weight excluding hydrogens is 539 g/mol. The van der Waals surface area contributed by atoms with Crippen molar-refractivity contribution in [2.24, 2.45) is 10.2 Å². The molecule has 35 heavy (non-hydrogen) atoms. The molecule has 3 aromatic carbocycles. The maximum atomic E-state index is 11.7. The number of non-ortho nitro benzene ring substituents is 1. The van der Waals surface area contributed by atoms with Crippen LogP contribution >= 0.6 is 0 Å². The smallest absolute Gasteiger partial charge is 0.506 e. The van der Waals surface area contributed by atoms with Crippen LogP contribution in [0.25, 0.3) is 10.8 Å². The van der Waals surface area contributed by atoms with Gasteiger partial charge in [-0.25, -0.2) is 4.79 Å². The number of aromatic hydroxyl groups is 2. The second-order valence-corrected chi connectivity index (χ2v) is 7.59. The van der Waals surface area contributed by atoms with Gasteiger partial charge in [-0.3, -0.25) is 20.0 Å². The van der Waals surface area contributed by atoms with Gasteiger partial charge < -0.3 is 20.4 Å². The summed E-state index contributed by atoms with van der Waals surface area (Å²) in [5, 5.41) is 42.1. The molecule has 17 heteroatoms. The van der Waals surface area contributed by atoms with Crippen LogP contribution in [0.2, 0.25) is 0 Å². The van der Waals surface area contributed by atoms with Crippen molar-refractivity contribution in [2.45, 2.75) is 4.90 Å². The molecule has 0 saturated carbocycles. The maximum Gasteiger partial charge on any atom is 1.00 e. The molecule has 0 heterocycles. The fourth-order valence-corrected chi connectivity index (χ4v) is 3.40. The summed E-state index contributed by atoms with van der Waals surface area (Å²) in [6.07, 6.45) is -0.808. The molecule has 0 aliphatic rings. The van der Waals surface area contributed by atoms with E-state index in [2.05, 4.69) is 20.3 Å². The van der Waals surface area contributed by atoms with E-state index < -0.39 is 48.9 Å². The molecule has 3 rings (SSSR count). The van der Waals surface area contributed by atoms with Gasteiger partial charge in [-0.1, -0.05) is 18.2 Å². The van der Waals surface area contributed by atoms with E-state index in [0.29, 0.717) is 11.5 Å². The first-order valence-electron chi connectivity index (χ1n) is 8.53. The zero-order valence-corrected chi connectivity index (χ0v) is 22.1. The van der Waals surface area contributed by atoms with Crippen molar-refractivity contribution in [3.8, 4) is 11.5 Å². The number of fused-ring (bicyclic) bond motifs is 1. The number of anilines is 1. The third-order valence-corrected chi connectivity index (χ3v) is 5.07. The molecule has 0 aliphatic carbocycles. The topological polar surface area (TPSA) is 233 Å². The summed E-state index contributed by atoms with van der Waals surface area (Å²) in [5.41, 5.74) is -1.48. The van der Waals surface area contributed by atoms with Crippen LogP contribution in [0.3, 0.4) is 0 Å². The van der Waals surface area contributed by atoms with Crippen molar-refractivity contribution in [3.63, 3.8) is 0 Å². The van der Waals surface area contributed by atoms with Gasteiger partial charge >= 0.3 is 35.7 Å². The van der Waals surface area contributed by atoms with Crippen LogP contribution in [0.4, 0.5) is 27.5 Å². The number of nitrogens with one attached hydrogen (secondary N) is 1. The molecule has 0 fully saturated rings. The molecule has 0 radical (unpaired) electrons. The fourth-order valence-electron chi connectivity index (χ4n) is 2.78. The number of carbonyl (C=O) groups excluding carboxylic acids is 1. The maximum absolute atomic E-state index is 11.7. The molecule has 0 atom stereocenters. The zero-order chi connectivity index (χ0) is 23.6. The Morgan fingerprint density at radius 3 is 2.37 bits per heavy atom. The van der Waals surface area contributed by atoms with Gasteiger partial charge in [-0.05, 0) is 17.5 Å². The standard InChI is InChI=1S/C18H14N4O9S.Cr.Na.H2O/c1-31-18(25)19-11-4-2-3-9-5-6-13(23)16(15(9)11)21-20-12-7-10(22(26)27)8-14(17(12)24)32(28,29)30;;;/h2-8,23-24H,1H3,(H,19,25)(H,28,29,30);;;1H2/q;;+1;. The van der Waals surface area contributed by atoms with E-state index in [9.17, 15) is 38.1 Å². The van der Waals surface area contributed by atoms with Crippen molar-refractivity contribution in [3.05, 3.63) is 52.6 Å². The van der Waals surface area contributed by atoms with E-state index in [0.717, 1.165) is 13.2 Å². The first-order valence-corrected chi connectivity index (χ1v) is 9.97. The van der Waals surface area contributed by atoms with Crippen LogP contribution in [-0.2, 0) is 32.2 Å². The Labute approximate surface area is 230 Å². The van der Waals surface area contributed by atoms with Crippen LogP contribution in [0, 0.1) is 10.1 Å². The molecule has 14 nitrogen and oxygen atoms in total. The normalized spacial score (nSPS) is 10.6. The van der Waals surface area contributed by atoms with E-state index in [-0.39, 0.29) is 69.2 Å². The summed E-state index contributed by atoms with van der Waals surface area (Å²) in [4.78, 5) is 20.7. The van der Waals surface area contributed by atoms with Gasteiger partial charge in [0, 0.05) is 34.9 Å². The third-order valence-electron chi connectivity index (χ3n) is 4.21. The molecule has 0 unspecified atom stereocenters. The van der Waals surface area contributed by atoms with Gasteiger partial charge in [0.1, 0.15) is 22.0 Å². The van der Waals surface area contributed by atoms with Gasteiger partial charge in [0.05, 0.1) is 17.7 Å². The van der Waals surface area contributed by atoms with Crippen molar-refractivity contribution in [2.75, 3.05) is 12.4 Å². The number of phenols is 2. The van der Waals surface area contributed by atoms with E-state index in [1.54, 1.807) is 12.1 Å². The van der Waals surface area contributed by atoms with E-state index in [1.807, 2.05) is 0 Å². The molecule has 6 N–H and O–H groups in total. The summed E-state index contributed by atoms with van der Waals surface area (Å²) in [6, 6.07) is 8.70. The molecule has 3 aromatic rings. The summed E-state index contributed by atoms with van der Waals surface area (Å²) in [6.45, 7) is 0. The number of carbonyl (C=O) groups is 1. The van der Waals surface area contributed by atoms with Crippen LogP contribution in [-0.4, -0.2) is 46.8 Å². The Morgan fingerprint density at radius 1 is 1.14 bits per heavy atom. The predicted molar refractivity (Wildman–Crippen MR) is 114 cm³/mol. The predicted octanol–water partition coefficient (Wildman–Crippen LogP) is 0.176. The number of methoxy groups -OCH3 is 1. The number of hydrogen-bond donors (Lipinski definition) is 4. The fraction of sp³-hybridized carbons (Fsp3) is 0.0556. The molecular formula is C18H16CrN4NaO10S+. The molecule has 1 amide bonds. The Hall–Kier alpha value is -2.81. The molecule has 180 valence electrons. The number of phenolic OH excluding ortho intramolecular Hbond substituents is 2. The minimum atomic E-state index is -5.03. The summed E-state index contributed by atoms with van der Waals surface area (Å²) >= 11 is 0. The number of hydrogen-bond acceptors (Lipinski definition) is 10. The Kier molecular flexibility index (Phi) is 11.7. The second-order valence-electron chi connectivity index (χ2n) is 6.20. The monoisotopic (exact) mass is 555 g/mol. The van der Waals surface area contributed by atoms with Gasteiger partial charge in [0.15, 0.2) is 5.75 Å². The quantitative estimate of drug-likeness (QED) is 0.110. The minimum Gasteiger partial charge on any atom is -0.506 e. The summed E-state index contributed by atoms with van der Waals surface area (Å²) in [7, 11) is -3.88. The van der Waals surface area contributed by atoms with Crippen LogP contribution in [0.1, 0.15) is 0 Å². The SMILES string of the molecule is COC(=O)Nc1cccc2ccc(O)c(N=Nc3cc([N+](=O)[O-])cc(S(=O)(=O)O)c3O)c12.O.[Cr].[Na+]. The molecule has 0 aromatic heterocycles. The average molecular weight is 555 g/mol. The van der Waals surface area contributed by atoms with Gasteiger partial charge in [-0.15, -0.1) is 10.2 Å². The molecule has 0 bridgehead atoms. The van der Waals surface area contributed by atoms with Crippen LogP contribution < -0.4 is 34.9 Å². The molecule has 0 aliphatic heterocycles. The van der Waals surface area contributed by atoms with E-state index in [4.69, 9.17) is 0 Å². The Bertz CT molecular complexity index is 1400. The molecule has 0 saturated heterocycles. The second kappa shape index (κ2) is 12.8. The summed E-state index contributed by atoms with van der Waals surface area (Å²) in [5.74, 6) is -1.49. The zero-order valence-electron chi connectivity index (χ0n) is 18.0.